The van der Waals surface area contributed by atoms with Gasteiger partial charge in [-0.2, -0.15) is 0 Å². The SMILES string of the molecule is CC(C)Cc1ccc(N(C)C2CC2C(=O)O)cc1. The van der Waals surface area contributed by atoms with Crippen LogP contribution >= 0.6 is 0 Å². The third kappa shape index (κ3) is 2.84. The highest BCUT2D eigenvalue weighted by atomic mass is 16.4. The first-order valence-corrected chi connectivity index (χ1v) is 6.53. The van der Waals surface area contributed by atoms with Crippen LogP contribution in [0.3, 0.4) is 0 Å². The van der Waals surface area contributed by atoms with Gasteiger partial charge in [0.15, 0.2) is 0 Å². The molecule has 0 spiro atoms. The number of hydrogen-bond acceptors (Lipinski definition) is 2. The van der Waals surface area contributed by atoms with Crippen LogP contribution in [0.15, 0.2) is 24.3 Å². The summed E-state index contributed by atoms with van der Waals surface area (Å²) in [5.74, 6) is -0.206. The summed E-state index contributed by atoms with van der Waals surface area (Å²) in [6, 6.07) is 8.64. The molecule has 0 saturated heterocycles. The summed E-state index contributed by atoms with van der Waals surface area (Å²) in [6.07, 6.45) is 1.85. The summed E-state index contributed by atoms with van der Waals surface area (Å²) >= 11 is 0. The quantitative estimate of drug-likeness (QED) is 0.869. The lowest BCUT2D eigenvalue weighted by Gasteiger charge is -2.19. The number of aliphatic carboxylic acids is 1. The monoisotopic (exact) mass is 247 g/mol. The van der Waals surface area contributed by atoms with Crippen LogP contribution in [0.4, 0.5) is 5.69 Å². The summed E-state index contributed by atoms with van der Waals surface area (Å²) in [6.45, 7) is 4.42. The zero-order valence-corrected chi connectivity index (χ0v) is 11.3. The second-order valence-electron chi connectivity index (χ2n) is 5.62. The van der Waals surface area contributed by atoms with E-state index in [4.69, 9.17) is 5.11 Å². The van der Waals surface area contributed by atoms with Crippen molar-refractivity contribution < 1.29 is 9.90 Å². The minimum atomic E-state index is -0.678. The molecule has 1 aliphatic rings. The molecule has 3 nitrogen and oxygen atoms in total. The van der Waals surface area contributed by atoms with Crippen molar-refractivity contribution in [2.45, 2.75) is 32.7 Å². The lowest BCUT2D eigenvalue weighted by Crippen LogP contribution is -2.23. The molecule has 1 aromatic rings. The average Bonchev–Trinajstić information content (AvgIpc) is 3.08. The Morgan fingerprint density at radius 3 is 2.44 bits per heavy atom. The van der Waals surface area contributed by atoms with Gasteiger partial charge in [0.1, 0.15) is 0 Å². The molecule has 1 saturated carbocycles. The summed E-state index contributed by atoms with van der Waals surface area (Å²) in [4.78, 5) is 12.9. The zero-order chi connectivity index (χ0) is 13.3. The molecule has 0 amide bonds. The number of anilines is 1. The van der Waals surface area contributed by atoms with E-state index >= 15 is 0 Å². The molecule has 0 bridgehead atoms. The Morgan fingerprint density at radius 1 is 1.39 bits per heavy atom. The number of benzene rings is 1. The molecule has 98 valence electrons. The third-order valence-electron chi connectivity index (χ3n) is 3.56. The molecule has 1 N–H and O–H groups in total. The lowest BCUT2D eigenvalue weighted by molar-refractivity contribution is -0.138. The van der Waals surface area contributed by atoms with Crippen molar-refractivity contribution in [1.29, 1.82) is 0 Å². The van der Waals surface area contributed by atoms with Crippen LogP contribution in [0.2, 0.25) is 0 Å². The normalized spacial score (nSPS) is 22.0. The van der Waals surface area contributed by atoms with Crippen LogP contribution in [-0.4, -0.2) is 24.2 Å². The molecule has 2 unspecified atom stereocenters. The van der Waals surface area contributed by atoms with Crippen molar-refractivity contribution in [2.24, 2.45) is 11.8 Å². The second kappa shape index (κ2) is 5.01. The molecule has 1 aliphatic carbocycles. The number of nitrogens with zero attached hydrogens (tertiary/aromatic N) is 1. The molecule has 0 aliphatic heterocycles. The first-order valence-electron chi connectivity index (χ1n) is 6.53. The van der Waals surface area contributed by atoms with Gasteiger partial charge in [0.05, 0.1) is 5.92 Å². The first kappa shape index (κ1) is 12.9. The molecular formula is C15H21NO2. The Hall–Kier alpha value is -1.51. The van der Waals surface area contributed by atoms with Gasteiger partial charge in [-0.1, -0.05) is 26.0 Å². The fourth-order valence-electron chi connectivity index (χ4n) is 2.41. The van der Waals surface area contributed by atoms with Gasteiger partial charge in [0.25, 0.3) is 0 Å². The van der Waals surface area contributed by atoms with Crippen molar-refractivity contribution in [2.75, 3.05) is 11.9 Å². The second-order valence-corrected chi connectivity index (χ2v) is 5.62. The lowest BCUT2D eigenvalue weighted by atomic mass is 10.0. The first-order chi connectivity index (χ1) is 8.49. The van der Waals surface area contributed by atoms with E-state index in [1.54, 1.807) is 0 Å². The van der Waals surface area contributed by atoms with E-state index in [1.807, 2.05) is 7.05 Å². The summed E-state index contributed by atoms with van der Waals surface area (Å²) in [5.41, 5.74) is 2.45. The topological polar surface area (TPSA) is 40.5 Å². The van der Waals surface area contributed by atoms with E-state index in [1.165, 1.54) is 5.56 Å². The molecule has 18 heavy (non-hydrogen) atoms. The highest BCUT2D eigenvalue weighted by Gasteiger charge is 2.46. The average molecular weight is 247 g/mol. The maximum atomic E-state index is 10.9. The predicted octanol–water partition coefficient (Wildman–Crippen LogP) is 2.79. The number of carboxylic acids is 1. The molecule has 0 radical (unpaired) electrons. The van der Waals surface area contributed by atoms with Crippen molar-refractivity contribution in [3.63, 3.8) is 0 Å². The van der Waals surface area contributed by atoms with Crippen LogP contribution in [0.5, 0.6) is 0 Å². The van der Waals surface area contributed by atoms with Crippen molar-refractivity contribution in [1.82, 2.24) is 0 Å². The Bertz CT molecular complexity index is 425. The molecular weight excluding hydrogens is 226 g/mol. The van der Waals surface area contributed by atoms with Crippen molar-refractivity contribution in [3.05, 3.63) is 29.8 Å². The van der Waals surface area contributed by atoms with E-state index in [2.05, 4.69) is 43.0 Å². The van der Waals surface area contributed by atoms with E-state index in [-0.39, 0.29) is 12.0 Å². The van der Waals surface area contributed by atoms with Crippen LogP contribution < -0.4 is 4.90 Å². The Balaban J connectivity index is 1.99. The van der Waals surface area contributed by atoms with Gasteiger partial charge in [-0.05, 0) is 36.5 Å². The Kier molecular flexibility index (Phi) is 3.60. The van der Waals surface area contributed by atoms with Crippen molar-refractivity contribution in [3.8, 4) is 0 Å². The van der Waals surface area contributed by atoms with Gasteiger partial charge in [-0.3, -0.25) is 4.79 Å². The maximum Gasteiger partial charge on any atom is 0.308 e. The fraction of sp³-hybridized carbons (Fsp3) is 0.533. The van der Waals surface area contributed by atoms with E-state index in [0.29, 0.717) is 5.92 Å². The molecule has 0 aromatic heterocycles. The number of rotatable bonds is 5. The largest absolute Gasteiger partial charge is 0.481 e. The van der Waals surface area contributed by atoms with E-state index < -0.39 is 5.97 Å². The van der Waals surface area contributed by atoms with Crippen LogP contribution in [0, 0.1) is 11.8 Å². The van der Waals surface area contributed by atoms with E-state index in [9.17, 15) is 4.79 Å². The van der Waals surface area contributed by atoms with Gasteiger partial charge in [0, 0.05) is 18.8 Å². The maximum absolute atomic E-state index is 10.9. The van der Waals surface area contributed by atoms with Gasteiger partial charge in [-0.15, -0.1) is 0 Å². The molecule has 1 aromatic carbocycles. The standard InChI is InChI=1S/C15H21NO2/c1-10(2)8-11-4-6-12(7-5-11)16(3)14-9-13(14)15(17)18/h4-7,10,13-14H,8-9H2,1-3H3,(H,17,18). The van der Waals surface area contributed by atoms with Crippen LogP contribution in [-0.2, 0) is 11.2 Å². The smallest absolute Gasteiger partial charge is 0.308 e. The summed E-state index contributed by atoms with van der Waals surface area (Å²) < 4.78 is 0. The van der Waals surface area contributed by atoms with Crippen LogP contribution in [0.1, 0.15) is 25.8 Å². The number of hydrogen-bond donors (Lipinski definition) is 1. The van der Waals surface area contributed by atoms with Gasteiger partial charge in [0.2, 0.25) is 0 Å². The molecule has 2 rings (SSSR count). The van der Waals surface area contributed by atoms with Crippen molar-refractivity contribution >= 4 is 11.7 Å². The Morgan fingerprint density at radius 2 is 2.00 bits per heavy atom. The van der Waals surface area contributed by atoms with Gasteiger partial charge < -0.3 is 10.0 Å². The number of carboxylic acid groups (broad SMARTS) is 1. The fourth-order valence-corrected chi connectivity index (χ4v) is 2.41. The molecule has 0 heterocycles. The predicted molar refractivity (Wildman–Crippen MR) is 72.9 cm³/mol. The van der Waals surface area contributed by atoms with Gasteiger partial charge in [-0.25, -0.2) is 0 Å². The van der Waals surface area contributed by atoms with E-state index in [0.717, 1.165) is 18.5 Å². The minimum Gasteiger partial charge on any atom is -0.481 e. The number of carbonyl (C=O) groups is 1. The third-order valence-corrected chi connectivity index (χ3v) is 3.56. The molecule has 2 atom stereocenters. The molecule has 1 fully saturated rings. The van der Waals surface area contributed by atoms with Gasteiger partial charge >= 0.3 is 5.97 Å². The summed E-state index contributed by atoms with van der Waals surface area (Å²) in [7, 11) is 1.98. The zero-order valence-electron chi connectivity index (χ0n) is 11.3. The minimum absolute atomic E-state index is 0.165. The van der Waals surface area contributed by atoms with Crippen LogP contribution in [0.25, 0.3) is 0 Å². The summed E-state index contributed by atoms with van der Waals surface area (Å²) in [5, 5.41) is 8.94. The molecule has 3 heteroatoms. The highest BCUT2D eigenvalue weighted by molar-refractivity contribution is 5.76. The Labute approximate surface area is 108 Å². The highest BCUT2D eigenvalue weighted by Crippen LogP contribution is 2.37.